The van der Waals surface area contributed by atoms with E-state index in [0.717, 1.165) is 5.56 Å². The fourth-order valence-corrected chi connectivity index (χ4v) is 2.35. The fourth-order valence-electron chi connectivity index (χ4n) is 2.12. The van der Waals surface area contributed by atoms with Gasteiger partial charge in [-0.25, -0.2) is 4.39 Å². The highest BCUT2D eigenvalue weighted by Gasteiger charge is 2.15. The minimum absolute atomic E-state index is 0.0485. The molecule has 2 N–H and O–H groups in total. The summed E-state index contributed by atoms with van der Waals surface area (Å²) in [5, 5.41) is 0.273. The molecule has 0 saturated heterocycles. The Labute approximate surface area is 122 Å². The van der Waals surface area contributed by atoms with E-state index in [-0.39, 0.29) is 22.8 Å². The molecule has 0 spiro atoms. The summed E-state index contributed by atoms with van der Waals surface area (Å²) >= 11 is 5.95. The lowest BCUT2D eigenvalue weighted by molar-refractivity contribution is 0.0991. The molecule has 2 rings (SSSR count). The standard InChI is InChI=1S/C16H15ClFNO/c17-14-6-3-7-15(18)13(14)10-16(20)12-5-2-1-4-11(12)8-9-19/h1-7H,8-10,19H2. The average Bonchev–Trinajstić information content (AvgIpc) is 2.44. The SMILES string of the molecule is NCCc1ccccc1C(=O)Cc1c(F)cccc1Cl. The van der Waals surface area contributed by atoms with Gasteiger partial charge in [-0.1, -0.05) is 41.9 Å². The summed E-state index contributed by atoms with van der Waals surface area (Å²) in [4.78, 5) is 12.3. The molecule has 0 bridgehead atoms. The third kappa shape index (κ3) is 3.24. The molecule has 2 aromatic rings. The van der Waals surface area contributed by atoms with Crippen molar-refractivity contribution < 1.29 is 9.18 Å². The Morgan fingerprint density at radius 1 is 1.15 bits per heavy atom. The van der Waals surface area contributed by atoms with Crippen LogP contribution < -0.4 is 5.73 Å². The third-order valence-corrected chi connectivity index (χ3v) is 3.48. The van der Waals surface area contributed by atoms with Crippen LogP contribution in [-0.4, -0.2) is 12.3 Å². The molecule has 0 unspecified atom stereocenters. The second-order valence-corrected chi connectivity index (χ2v) is 4.90. The number of ketones is 1. The number of benzene rings is 2. The van der Waals surface area contributed by atoms with Gasteiger partial charge >= 0.3 is 0 Å². The second-order valence-electron chi connectivity index (χ2n) is 4.50. The average molecular weight is 292 g/mol. The van der Waals surface area contributed by atoms with Crippen molar-refractivity contribution in [2.24, 2.45) is 5.73 Å². The van der Waals surface area contributed by atoms with Crippen molar-refractivity contribution >= 4 is 17.4 Å². The number of hydrogen-bond acceptors (Lipinski definition) is 2. The normalized spacial score (nSPS) is 10.6. The molecule has 0 saturated carbocycles. The molecule has 0 aliphatic carbocycles. The van der Waals surface area contributed by atoms with Gasteiger partial charge in [0.25, 0.3) is 0 Å². The third-order valence-electron chi connectivity index (χ3n) is 3.13. The summed E-state index contributed by atoms with van der Waals surface area (Å²) < 4.78 is 13.7. The number of Topliss-reactive ketones (excluding diaryl/α,β-unsaturated/α-hetero) is 1. The lowest BCUT2D eigenvalue weighted by atomic mass is 9.96. The molecular weight excluding hydrogens is 277 g/mol. The van der Waals surface area contributed by atoms with Crippen LogP contribution in [-0.2, 0) is 12.8 Å². The minimum Gasteiger partial charge on any atom is -0.330 e. The van der Waals surface area contributed by atoms with E-state index in [1.54, 1.807) is 18.2 Å². The predicted octanol–water partition coefficient (Wildman–Crippen LogP) is 3.41. The first-order valence-electron chi connectivity index (χ1n) is 6.37. The van der Waals surface area contributed by atoms with Crippen LogP contribution >= 0.6 is 11.6 Å². The molecule has 0 fully saturated rings. The van der Waals surface area contributed by atoms with Gasteiger partial charge in [0, 0.05) is 22.6 Å². The van der Waals surface area contributed by atoms with Crippen LogP contribution in [0.1, 0.15) is 21.5 Å². The first-order chi connectivity index (χ1) is 9.63. The van der Waals surface area contributed by atoms with Gasteiger partial charge in [-0.3, -0.25) is 4.79 Å². The van der Waals surface area contributed by atoms with Gasteiger partial charge in [-0.15, -0.1) is 0 Å². The lowest BCUT2D eigenvalue weighted by Crippen LogP contribution is -2.11. The van der Waals surface area contributed by atoms with Crippen LogP contribution in [0.5, 0.6) is 0 Å². The Balaban J connectivity index is 2.29. The van der Waals surface area contributed by atoms with E-state index in [1.165, 1.54) is 12.1 Å². The number of halogens is 2. The van der Waals surface area contributed by atoms with Gasteiger partial charge in [0.2, 0.25) is 0 Å². The van der Waals surface area contributed by atoms with Gasteiger partial charge in [0.15, 0.2) is 5.78 Å². The number of nitrogens with two attached hydrogens (primary N) is 1. The molecule has 0 aromatic heterocycles. The van der Waals surface area contributed by atoms with Crippen molar-refractivity contribution in [2.75, 3.05) is 6.54 Å². The molecule has 0 atom stereocenters. The predicted molar refractivity (Wildman–Crippen MR) is 78.6 cm³/mol. The van der Waals surface area contributed by atoms with Crippen molar-refractivity contribution in [1.29, 1.82) is 0 Å². The maximum atomic E-state index is 13.7. The van der Waals surface area contributed by atoms with Gasteiger partial charge in [-0.05, 0) is 30.7 Å². The van der Waals surface area contributed by atoms with Crippen LogP contribution in [0.15, 0.2) is 42.5 Å². The largest absolute Gasteiger partial charge is 0.330 e. The number of carbonyl (C=O) groups is 1. The maximum absolute atomic E-state index is 13.7. The topological polar surface area (TPSA) is 43.1 Å². The zero-order valence-corrected chi connectivity index (χ0v) is 11.7. The van der Waals surface area contributed by atoms with Crippen molar-refractivity contribution in [3.63, 3.8) is 0 Å². The molecular formula is C16H15ClFNO. The highest BCUT2D eigenvalue weighted by Crippen LogP contribution is 2.22. The Bertz CT molecular complexity index is 607. The maximum Gasteiger partial charge on any atom is 0.167 e. The van der Waals surface area contributed by atoms with E-state index in [0.29, 0.717) is 18.5 Å². The van der Waals surface area contributed by atoms with Crippen LogP contribution in [0, 0.1) is 5.82 Å². The van der Waals surface area contributed by atoms with Crippen LogP contribution in [0.3, 0.4) is 0 Å². The molecule has 0 aliphatic rings. The van der Waals surface area contributed by atoms with Crippen LogP contribution in [0.4, 0.5) is 4.39 Å². The molecule has 0 aliphatic heterocycles. The molecule has 2 nitrogen and oxygen atoms in total. The highest BCUT2D eigenvalue weighted by atomic mass is 35.5. The van der Waals surface area contributed by atoms with E-state index in [4.69, 9.17) is 17.3 Å². The Morgan fingerprint density at radius 2 is 1.90 bits per heavy atom. The summed E-state index contributed by atoms with van der Waals surface area (Å²) in [7, 11) is 0. The summed E-state index contributed by atoms with van der Waals surface area (Å²) in [5.74, 6) is -0.608. The summed E-state index contributed by atoms with van der Waals surface area (Å²) in [6.07, 6.45) is 0.569. The Kier molecular flexibility index (Phi) is 4.88. The van der Waals surface area contributed by atoms with Crippen LogP contribution in [0.2, 0.25) is 5.02 Å². The van der Waals surface area contributed by atoms with Gasteiger partial charge < -0.3 is 5.73 Å². The molecule has 20 heavy (non-hydrogen) atoms. The van der Waals surface area contributed by atoms with Gasteiger partial charge in [0.05, 0.1) is 0 Å². The Morgan fingerprint density at radius 3 is 2.60 bits per heavy atom. The van der Waals surface area contributed by atoms with E-state index >= 15 is 0 Å². The fraction of sp³-hybridized carbons (Fsp3) is 0.188. The summed E-state index contributed by atoms with van der Waals surface area (Å²) in [6.45, 7) is 0.463. The monoisotopic (exact) mass is 291 g/mol. The van der Waals surface area contributed by atoms with E-state index < -0.39 is 5.82 Å². The number of rotatable bonds is 5. The first kappa shape index (κ1) is 14.7. The number of carbonyl (C=O) groups excluding carboxylic acids is 1. The quantitative estimate of drug-likeness (QED) is 0.858. The summed E-state index contributed by atoms with van der Waals surface area (Å²) in [6, 6.07) is 11.7. The van der Waals surface area contributed by atoms with Gasteiger partial charge in [0.1, 0.15) is 5.82 Å². The molecule has 0 radical (unpaired) electrons. The zero-order chi connectivity index (χ0) is 14.5. The van der Waals surface area contributed by atoms with Crippen LogP contribution in [0.25, 0.3) is 0 Å². The number of hydrogen-bond donors (Lipinski definition) is 1. The van der Waals surface area contributed by atoms with E-state index in [2.05, 4.69) is 0 Å². The Hall–Kier alpha value is -1.71. The van der Waals surface area contributed by atoms with Crippen molar-refractivity contribution in [2.45, 2.75) is 12.8 Å². The molecule has 4 heteroatoms. The van der Waals surface area contributed by atoms with E-state index in [9.17, 15) is 9.18 Å². The molecule has 2 aromatic carbocycles. The summed E-state index contributed by atoms with van der Waals surface area (Å²) in [5.41, 5.74) is 7.24. The molecule has 0 heterocycles. The highest BCUT2D eigenvalue weighted by molar-refractivity contribution is 6.31. The molecule has 0 amide bonds. The second kappa shape index (κ2) is 6.64. The van der Waals surface area contributed by atoms with Gasteiger partial charge in [-0.2, -0.15) is 0 Å². The zero-order valence-electron chi connectivity index (χ0n) is 10.9. The minimum atomic E-state index is -0.456. The van der Waals surface area contributed by atoms with Crippen molar-refractivity contribution in [3.05, 3.63) is 70.0 Å². The smallest absolute Gasteiger partial charge is 0.167 e. The first-order valence-corrected chi connectivity index (χ1v) is 6.75. The van der Waals surface area contributed by atoms with E-state index in [1.807, 2.05) is 12.1 Å². The lowest BCUT2D eigenvalue weighted by Gasteiger charge is -2.09. The van der Waals surface area contributed by atoms with Crippen molar-refractivity contribution in [1.82, 2.24) is 0 Å². The molecule has 104 valence electrons. The van der Waals surface area contributed by atoms with Crippen molar-refractivity contribution in [3.8, 4) is 0 Å².